The summed E-state index contributed by atoms with van der Waals surface area (Å²) in [5, 5.41) is 12.3. The predicted molar refractivity (Wildman–Crippen MR) is 158 cm³/mol. The third-order valence-electron chi connectivity index (χ3n) is 7.87. The van der Waals surface area contributed by atoms with E-state index in [-0.39, 0.29) is 17.6 Å². The second-order valence-corrected chi connectivity index (χ2v) is 10.6. The van der Waals surface area contributed by atoms with Crippen molar-refractivity contribution in [2.24, 2.45) is 0 Å². The molecule has 1 saturated heterocycles. The highest BCUT2D eigenvalue weighted by molar-refractivity contribution is 5.93. The van der Waals surface area contributed by atoms with Crippen LogP contribution in [0.25, 0.3) is 0 Å². The molecule has 0 radical (unpaired) electrons. The molecule has 0 saturated carbocycles. The third kappa shape index (κ3) is 7.20. The number of hydrogen-bond donors (Lipinski definition) is 2. The van der Waals surface area contributed by atoms with E-state index in [1.807, 2.05) is 60.7 Å². The Morgan fingerprint density at radius 1 is 0.925 bits per heavy atom. The van der Waals surface area contributed by atoms with Crippen LogP contribution in [0.4, 0.5) is 10.5 Å². The number of carboxylic acid groups (broad SMARTS) is 1. The first-order valence-corrected chi connectivity index (χ1v) is 13.8. The molecule has 8 heteroatoms. The molecule has 1 aliphatic heterocycles. The molecule has 0 bridgehead atoms. The minimum absolute atomic E-state index is 0.0319. The van der Waals surface area contributed by atoms with Crippen molar-refractivity contribution < 1.29 is 19.4 Å². The predicted octanol–water partition coefficient (Wildman–Crippen LogP) is 5.30. The van der Waals surface area contributed by atoms with E-state index >= 15 is 0 Å². The van der Waals surface area contributed by atoms with Gasteiger partial charge in [-0.3, -0.25) is 14.6 Å². The number of likely N-dealkylation sites (tertiary alicyclic amines) is 1. The Labute approximate surface area is 237 Å². The van der Waals surface area contributed by atoms with Gasteiger partial charge in [0.05, 0.1) is 12.2 Å². The summed E-state index contributed by atoms with van der Waals surface area (Å²) in [6.07, 6.45) is 1.00. The van der Waals surface area contributed by atoms with Crippen LogP contribution in [-0.4, -0.2) is 79.1 Å². The fourth-order valence-corrected chi connectivity index (χ4v) is 5.41. The number of rotatable bonds is 11. The Bertz CT molecular complexity index is 1240. The van der Waals surface area contributed by atoms with Crippen LogP contribution < -0.4 is 10.1 Å². The highest BCUT2D eigenvalue weighted by Gasteiger charge is 2.38. The summed E-state index contributed by atoms with van der Waals surface area (Å²) in [5.41, 5.74) is 2.83. The summed E-state index contributed by atoms with van der Waals surface area (Å²) in [7, 11) is 5.81. The lowest BCUT2D eigenvalue weighted by Crippen LogP contribution is -2.51. The summed E-state index contributed by atoms with van der Waals surface area (Å²) in [5.74, 6) is 0.465. The van der Waals surface area contributed by atoms with E-state index in [9.17, 15) is 14.7 Å². The zero-order valence-electron chi connectivity index (χ0n) is 23.6. The van der Waals surface area contributed by atoms with Crippen molar-refractivity contribution >= 4 is 17.7 Å². The van der Waals surface area contributed by atoms with Crippen LogP contribution in [0, 0.1) is 0 Å². The number of amides is 2. The van der Waals surface area contributed by atoms with Crippen molar-refractivity contribution in [1.29, 1.82) is 0 Å². The Kier molecular flexibility index (Phi) is 9.79. The Balaban J connectivity index is 1.40. The zero-order valence-corrected chi connectivity index (χ0v) is 23.6. The standard InChI is InChI=1S/C32H40N4O4/c1-34(2)32(26-14-8-5-9-15-26)19-22-36(23-20-32)24-30(37)33-27-16-10-11-17-29(27)40-28(18-21-35(3)31(38)39)25-12-6-4-7-13-25/h4-17,28H,18-24H2,1-3H3,(H,33,37)(H,38,39). The van der Waals surface area contributed by atoms with Crippen LogP contribution in [0.15, 0.2) is 84.9 Å². The molecule has 1 aliphatic rings. The summed E-state index contributed by atoms with van der Waals surface area (Å²) < 4.78 is 6.40. The topological polar surface area (TPSA) is 85.4 Å². The number of carbonyl (C=O) groups excluding carboxylic acids is 1. The zero-order chi connectivity index (χ0) is 28.5. The van der Waals surface area contributed by atoms with Gasteiger partial charge in [0.1, 0.15) is 11.9 Å². The van der Waals surface area contributed by atoms with Gasteiger partial charge in [0.15, 0.2) is 0 Å². The second kappa shape index (κ2) is 13.5. The molecular formula is C32H40N4O4. The molecule has 0 aromatic heterocycles. The number of ether oxygens (including phenoxy) is 1. The number of nitrogens with zero attached hydrogens (tertiary/aromatic N) is 3. The lowest BCUT2D eigenvalue weighted by Gasteiger charge is -2.46. The molecule has 8 nitrogen and oxygen atoms in total. The van der Waals surface area contributed by atoms with Gasteiger partial charge in [-0.2, -0.15) is 0 Å². The van der Waals surface area contributed by atoms with Crippen molar-refractivity contribution in [3.63, 3.8) is 0 Å². The maximum atomic E-state index is 13.2. The first-order chi connectivity index (χ1) is 19.3. The summed E-state index contributed by atoms with van der Waals surface area (Å²) in [6.45, 7) is 2.27. The van der Waals surface area contributed by atoms with E-state index in [1.54, 1.807) is 7.05 Å². The van der Waals surface area contributed by atoms with Crippen molar-refractivity contribution in [3.05, 3.63) is 96.1 Å². The van der Waals surface area contributed by atoms with Crippen molar-refractivity contribution in [2.45, 2.75) is 30.9 Å². The number of hydrogen-bond acceptors (Lipinski definition) is 5. The average Bonchev–Trinajstić information content (AvgIpc) is 2.97. The summed E-state index contributed by atoms with van der Waals surface area (Å²) in [6, 6.07) is 27.7. The van der Waals surface area contributed by atoms with Gasteiger partial charge in [-0.25, -0.2) is 4.79 Å². The van der Waals surface area contributed by atoms with Crippen molar-refractivity contribution in [3.8, 4) is 5.75 Å². The molecule has 4 rings (SSSR count). The number of piperidine rings is 1. The fraction of sp³-hybridized carbons (Fsp3) is 0.375. The molecule has 1 heterocycles. The van der Waals surface area contributed by atoms with Gasteiger partial charge in [-0.15, -0.1) is 0 Å². The third-order valence-corrected chi connectivity index (χ3v) is 7.87. The molecule has 1 atom stereocenters. The Hall–Kier alpha value is -3.88. The van der Waals surface area contributed by atoms with Gasteiger partial charge in [0, 0.05) is 38.6 Å². The molecule has 40 heavy (non-hydrogen) atoms. The maximum absolute atomic E-state index is 13.2. The molecule has 1 unspecified atom stereocenters. The maximum Gasteiger partial charge on any atom is 0.407 e. The van der Waals surface area contributed by atoms with Gasteiger partial charge < -0.3 is 20.1 Å². The molecule has 1 fully saturated rings. The highest BCUT2D eigenvalue weighted by Crippen LogP contribution is 2.37. The fourth-order valence-electron chi connectivity index (χ4n) is 5.41. The van der Waals surface area contributed by atoms with Crippen LogP contribution in [0.5, 0.6) is 5.75 Å². The molecular weight excluding hydrogens is 504 g/mol. The average molecular weight is 545 g/mol. The second-order valence-electron chi connectivity index (χ2n) is 10.6. The molecule has 0 aliphatic carbocycles. The number of para-hydroxylation sites is 2. The van der Waals surface area contributed by atoms with Crippen molar-refractivity contribution in [2.75, 3.05) is 52.6 Å². The first-order valence-electron chi connectivity index (χ1n) is 13.8. The van der Waals surface area contributed by atoms with Gasteiger partial charge in [0.2, 0.25) is 5.91 Å². The minimum Gasteiger partial charge on any atom is -0.483 e. The normalized spacial score (nSPS) is 15.8. The van der Waals surface area contributed by atoms with Gasteiger partial charge in [0.25, 0.3) is 0 Å². The Morgan fingerprint density at radius 2 is 1.52 bits per heavy atom. The number of anilines is 1. The number of nitrogens with one attached hydrogen (secondary N) is 1. The molecule has 3 aromatic rings. The van der Waals surface area contributed by atoms with E-state index in [0.717, 1.165) is 31.5 Å². The van der Waals surface area contributed by atoms with Crippen LogP contribution in [-0.2, 0) is 10.3 Å². The lowest BCUT2D eigenvalue weighted by atomic mass is 9.80. The monoisotopic (exact) mass is 544 g/mol. The molecule has 2 amide bonds. The van der Waals surface area contributed by atoms with E-state index < -0.39 is 6.09 Å². The van der Waals surface area contributed by atoms with Crippen LogP contribution in [0.3, 0.4) is 0 Å². The SMILES string of the molecule is CN(CCC(Oc1ccccc1NC(=O)CN1CCC(c2ccccc2)(N(C)C)CC1)c1ccccc1)C(=O)O. The highest BCUT2D eigenvalue weighted by atomic mass is 16.5. The van der Waals surface area contributed by atoms with Gasteiger partial charge in [-0.05, 0) is 50.2 Å². The van der Waals surface area contributed by atoms with Crippen molar-refractivity contribution in [1.82, 2.24) is 14.7 Å². The van der Waals surface area contributed by atoms with E-state index in [4.69, 9.17) is 4.74 Å². The van der Waals surface area contributed by atoms with E-state index in [0.29, 0.717) is 30.9 Å². The number of carbonyl (C=O) groups is 2. The largest absolute Gasteiger partial charge is 0.483 e. The van der Waals surface area contributed by atoms with Crippen LogP contribution in [0.1, 0.15) is 36.5 Å². The number of benzene rings is 3. The van der Waals surface area contributed by atoms with Gasteiger partial charge >= 0.3 is 6.09 Å². The quantitative estimate of drug-likeness (QED) is 0.341. The van der Waals surface area contributed by atoms with E-state index in [2.05, 4.69) is 53.5 Å². The molecule has 2 N–H and O–H groups in total. The van der Waals surface area contributed by atoms with E-state index in [1.165, 1.54) is 10.5 Å². The first kappa shape index (κ1) is 29.1. The van der Waals surface area contributed by atoms with Gasteiger partial charge in [-0.1, -0.05) is 72.8 Å². The Morgan fingerprint density at radius 3 is 2.15 bits per heavy atom. The van der Waals surface area contributed by atoms with Crippen LogP contribution in [0.2, 0.25) is 0 Å². The molecule has 0 spiro atoms. The smallest absolute Gasteiger partial charge is 0.407 e. The van der Waals surface area contributed by atoms with Crippen LogP contribution >= 0.6 is 0 Å². The molecule has 212 valence electrons. The summed E-state index contributed by atoms with van der Waals surface area (Å²) >= 11 is 0. The minimum atomic E-state index is -0.983. The summed E-state index contributed by atoms with van der Waals surface area (Å²) in [4.78, 5) is 30.2. The lowest BCUT2D eigenvalue weighted by molar-refractivity contribution is -0.118. The molecule has 3 aromatic carbocycles.